The number of rotatable bonds is 4. The van der Waals surface area contributed by atoms with Crippen molar-refractivity contribution in [1.29, 1.82) is 5.26 Å². The molecule has 4 aromatic rings. The maximum atomic E-state index is 12.8. The lowest BCUT2D eigenvalue weighted by molar-refractivity contribution is 0.601. The molecule has 3 aromatic carbocycles. The van der Waals surface area contributed by atoms with Crippen LogP contribution in [0.2, 0.25) is 5.02 Å². The van der Waals surface area contributed by atoms with Crippen LogP contribution in [0, 0.1) is 11.3 Å². The molecule has 4 rings (SSSR count). The van der Waals surface area contributed by atoms with Crippen molar-refractivity contribution < 1.29 is 8.42 Å². The van der Waals surface area contributed by atoms with E-state index < -0.39 is 10.0 Å². The third kappa shape index (κ3) is 3.76. The molecule has 0 saturated carbocycles. The van der Waals surface area contributed by atoms with Crippen molar-refractivity contribution in [2.45, 2.75) is 4.90 Å². The Kier molecular flexibility index (Phi) is 4.89. The van der Waals surface area contributed by atoms with Crippen LogP contribution < -0.4 is 4.72 Å². The largest absolute Gasteiger partial charge is 0.280 e. The Labute approximate surface area is 172 Å². The number of nitrogens with zero attached hydrogens (tertiary/aromatic N) is 3. The summed E-state index contributed by atoms with van der Waals surface area (Å²) in [6, 6.07) is 20.5. The number of sulfonamides is 1. The molecule has 6 nitrogen and oxygen atoms in total. The van der Waals surface area contributed by atoms with Gasteiger partial charge >= 0.3 is 0 Å². The van der Waals surface area contributed by atoms with Crippen LogP contribution in [-0.4, -0.2) is 18.4 Å². The van der Waals surface area contributed by atoms with Gasteiger partial charge < -0.3 is 0 Å². The van der Waals surface area contributed by atoms with Gasteiger partial charge in [0.1, 0.15) is 11.2 Å². The first-order valence-electron chi connectivity index (χ1n) is 8.50. The van der Waals surface area contributed by atoms with E-state index in [2.05, 4.69) is 14.7 Å². The number of para-hydroxylation sites is 1. The summed E-state index contributed by atoms with van der Waals surface area (Å²) in [7, 11) is -3.93. The number of fused-ring (bicyclic) bond motifs is 1. The number of anilines is 1. The topological polar surface area (TPSA) is 95.7 Å². The van der Waals surface area contributed by atoms with Gasteiger partial charge in [0.2, 0.25) is 0 Å². The molecule has 0 aliphatic rings. The Morgan fingerprint density at radius 2 is 1.79 bits per heavy atom. The Morgan fingerprint density at radius 1 is 0.966 bits per heavy atom. The van der Waals surface area contributed by atoms with Gasteiger partial charge in [0.15, 0.2) is 0 Å². The number of hydrogen-bond donors (Lipinski definition) is 1. The van der Waals surface area contributed by atoms with E-state index >= 15 is 0 Å². The second-order valence-corrected chi connectivity index (χ2v) is 8.24. The lowest BCUT2D eigenvalue weighted by Crippen LogP contribution is -2.13. The number of halogens is 1. The fourth-order valence-electron chi connectivity index (χ4n) is 2.96. The van der Waals surface area contributed by atoms with E-state index in [1.54, 1.807) is 18.2 Å². The van der Waals surface area contributed by atoms with Gasteiger partial charge in [0, 0.05) is 16.6 Å². The predicted molar refractivity (Wildman–Crippen MR) is 112 cm³/mol. The second kappa shape index (κ2) is 7.51. The van der Waals surface area contributed by atoms with Crippen LogP contribution in [0.5, 0.6) is 0 Å². The summed E-state index contributed by atoms with van der Waals surface area (Å²) < 4.78 is 28.1. The summed E-state index contributed by atoms with van der Waals surface area (Å²) in [5.74, 6) is 0. The van der Waals surface area contributed by atoms with Gasteiger partial charge in [0.05, 0.1) is 27.9 Å². The molecule has 0 unspecified atom stereocenters. The summed E-state index contributed by atoms with van der Waals surface area (Å²) in [5.41, 5.74) is 2.90. The third-order valence-electron chi connectivity index (χ3n) is 4.28. The average Bonchev–Trinajstić information content (AvgIpc) is 2.73. The zero-order chi connectivity index (χ0) is 20.4. The molecule has 0 amide bonds. The van der Waals surface area contributed by atoms with Crippen molar-refractivity contribution in [3.8, 4) is 17.3 Å². The molecule has 0 aliphatic heterocycles. The van der Waals surface area contributed by atoms with Crippen molar-refractivity contribution in [3.63, 3.8) is 0 Å². The minimum Gasteiger partial charge on any atom is -0.280 e. The summed E-state index contributed by atoms with van der Waals surface area (Å²) in [4.78, 5) is 8.52. The van der Waals surface area contributed by atoms with E-state index in [4.69, 9.17) is 16.9 Å². The van der Waals surface area contributed by atoms with Gasteiger partial charge in [-0.05, 0) is 36.4 Å². The van der Waals surface area contributed by atoms with Crippen LogP contribution >= 0.6 is 11.6 Å². The first-order chi connectivity index (χ1) is 14.0. The van der Waals surface area contributed by atoms with Crippen molar-refractivity contribution >= 4 is 38.2 Å². The maximum Gasteiger partial charge on any atom is 0.263 e. The van der Waals surface area contributed by atoms with Crippen molar-refractivity contribution in [2.75, 3.05) is 4.72 Å². The molecule has 0 spiro atoms. The number of nitriles is 1. The van der Waals surface area contributed by atoms with Crippen LogP contribution in [0.15, 0.2) is 78.0 Å². The van der Waals surface area contributed by atoms with Crippen molar-refractivity contribution in [2.24, 2.45) is 0 Å². The van der Waals surface area contributed by atoms with Crippen LogP contribution in [-0.2, 0) is 10.0 Å². The van der Waals surface area contributed by atoms with Crippen LogP contribution in [0.25, 0.3) is 22.2 Å². The average molecular weight is 421 g/mol. The van der Waals surface area contributed by atoms with E-state index in [0.717, 1.165) is 16.5 Å². The van der Waals surface area contributed by atoms with E-state index in [1.807, 2.05) is 36.4 Å². The van der Waals surface area contributed by atoms with Gasteiger partial charge in [-0.3, -0.25) is 4.72 Å². The van der Waals surface area contributed by atoms with E-state index in [-0.39, 0.29) is 15.5 Å². The molecule has 29 heavy (non-hydrogen) atoms. The molecule has 8 heteroatoms. The molecule has 0 aliphatic carbocycles. The molecular formula is C21H13ClN4O2S. The van der Waals surface area contributed by atoms with E-state index in [9.17, 15) is 8.42 Å². The number of nitrogens with one attached hydrogen (secondary N) is 1. The van der Waals surface area contributed by atoms with Gasteiger partial charge in [0.25, 0.3) is 10.0 Å². The predicted octanol–water partition coefficient (Wildman–Crippen LogP) is 4.62. The first-order valence-corrected chi connectivity index (χ1v) is 10.4. The Hall–Kier alpha value is -3.47. The van der Waals surface area contributed by atoms with Gasteiger partial charge in [-0.15, -0.1) is 0 Å². The summed E-state index contributed by atoms with van der Waals surface area (Å²) in [6.07, 6.45) is 1.48. The van der Waals surface area contributed by atoms with Gasteiger partial charge in [-0.2, -0.15) is 5.26 Å². The molecule has 0 atom stereocenters. The Morgan fingerprint density at radius 3 is 2.59 bits per heavy atom. The molecule has 0 saturated heterocycles. The molecule has 0 fully saturated rings. The zero-order valence-corrected chi connectivity index (χ0v) is 16.4. The highest BCUT2D eigenvalue weighted by Gasteiger charge is 2.19. The van der Waals surface area contributed by atoms with Gasteiger partial charge in [-0.25, -0.2) is 18.4 Å². The molecule has 1 heterocycles. The normalized spacial score (nSPS) is 11.2. The third-order valence-corrected chi connectivity index (χ3v) is 6.15. The van der Waals surface area contributed by atoms with E-state index in [1.165, 1.54) is 24.5 Å². The fraction of sp³-hybridized carbons (Fsp3) is 0. The quantitative estimate of drug-likeness (QED) is 0.519. The monoisotopic (exact) mass is 420 g/mol. The van der Waals surface area contributed by atoms with Crippen LogP contribution in [0.3, 0.4) is 0 Å². The molecule has 1 aromatic heterocycles. The maximum absolute atomic E-state index is 12.8. The fourth-order valence-corrected chi connectivity index (χ4v) is 4.56. The van der Waals surface area contributed by atoms with Crippen molar-refractivity contribution in [3.05, 3.63) is 83.6 Å². The van der Waals surface area contributed by atoms with E-state index in [0.29, 0.717) is 11.4 Å². The highest BCUT2D eigenvalue weighted by atomic mass is 35.5. The number of hydrogen-bond acceptors (Lipinski definition) is 5. The van der Waals surface area contributed by atoms with Crippen molar-refractivity contribution in [1.82, 2.24) is 9.97 Å². The van der Waals surface area contributed by atoms with Crippen LogP contribution in [0.4, 0.5) is 5.69 Å². The highest BCUT2D eigenvalue weighted by Crippen LogP contribution is 2.29. The minimum atomic E-state index is -3.93. The lowest BCUT2D eigenvalue weighted by Gasteiger charge is -2.11. The molecule has 1 N–H and O–H groups in total. The minimum absolute atomic E-state index is 0.0190. The summed E-state index contributed by atoms with van der Waals surface area (Å²) >= 11 is 6.06. The molecule has 0 radical (unpaired) electrons. The lowest BCUT2D eigenvalue weighted by atomic mass is 10.1. The Balaban J connectivity index is 1.72. The number of benzene rings is 3. The van der Waals surface area contributed by atoms with Gasteiger partial charge in [-0.1, -0.05) is 41.9 Å². The molecule has 0 bridgehead atoms. The molecule has 142 valence electrons. The SMILES string of the molecule is N#Cc1ccc(S(=O)(=O)Nc2cccc(-c3ncnc4ccccc34)c2)c(Cl)c1. The Bertz CT molecular complexity index is 1380. The zero-order valence-electron chi connectivity index (χ0n) is 14.9. The molecular weight excluding hydrogens is 408 g/mol. The number of aromatic nitrogens is 2. The van der Waals surface area contributed by atoms with Crippen LogP contribution in [0.1, 0.15) is 5.56 Å². The smallest absolute Gasteiger partial charge is 0.263 e. The first kappa shape index (κ1) is 18.9. The summed E-state index contributed by atoms with van der Waals surface area (Å²) in [6.45, 7) is 0. The second-order valence-electron chi connectivity index (χ2n) is 6.18. The standard InChI is InChI=1S/C21H13ClN4O2S/c22-18-10-14(12-23)8-9-20(18)29(27,28)26-16-5-3-4-15(11-16)21-17-6-1-2-7-19(17)24-13-25-21/h1-11,13,26H. The highest BCUT2D eigenvalue weighted by molar-refractivity contribution is 7.92. The summed E-state index contributed by atoms with van der Waals surface area (Å²) in [5, 5.41) is 9.77.